The Morgan fingerprint density at radius 3 is 2.79 bits per heavy atom. The SMILES string of the molecule is CCOc1cccc(N(CC(=O)NCCCSCc2ccco2)S(C)(=O)=O)c1. The van der Waals surface area contributed by atoms with E-state index in [4.69, 9.17) is 9.15 Å². The number of nitrogens with one attached hydrogen (secondary N) is 1. The number of hydrogen-bond donors (Lipinski definition) is 1. The van der Waals surface area contributed by atoms with Crippen LogP contribution in [0.5, 0.6) is 5.75 Å². The van der Waals surface area contributed by atoms with Crippen molar-refractivity contribution in [2.24, 2.45) is 0 Å². The zero-order chi connectivity index (χ0) is 20.4. The van der Waals surface area contributed by atoms with Crippen LogP contribution >= 0.6 is 11.8 Å². The molecule has 0 atom stereocenters. The van der Waals surface area contributed by atoms with E-state index in [-0.39, 0.29) is 12.5 Å². The Bertz CT molecular complexity index is 838. The lowest BCUT2D eigenvalue weighted by Gasteiger charge is -2.22. The molecule has 0 radical (unpaired) electrons. The number of furan rings is 1. The number of benzene rings is 1. The molecular weight excluding hydrogens is 400 g/mol. The van der Waals surface area contributed by atoms with Crippen LogP contribution in [0.25, 0.3) is 0 Å². The zero-order valence-electron chi connectivity index (χ0n) is 16.1. The molecule has 0 bridgehead atoms. The second-order valence-corrected chi connectivity index (χ2v) is 9.05. The molecule has 0 aliphatic carbocycles. The van der Waals surface area contributed by atoms with Crippen molar-refractivity contribution in [2.75, 3.05) is 36.0 Å². The molecule has 0 saturated carbocycles. The zero-order valence-corrected chi connectivity index (χ0v) is 17.7. The fourth-order valence-electron chi connectivity index (χ4n) is 2.45. The molecule has 0 unspecified atom stereocenters. The largest absolute Gasteiger partial charge is 0.494 e. The molecular formula is C19H26N2O5S2. The molecule has 1 aromatic heterocycles. The summed E-state index contributed by atoms with van der Waals surface area (Å²) in [5.74, 6) is 2.80. The Labute approximate surface area is 170 Å². The van der Waals surface area contributed by atoms with E-state index in [0.717, 1.165) is 34.2 Å². The van der Waals surface area contributed by atoms with Gasteiger partial charge < -0.3 is 14.5 Å². The summed E-state index contributed by atoms with van der Waals surface area (Å²) in [5, 5.41) is 2.78. The average molecular weight is 427 g/mol. The summed E-state index contributed by atoms with van der Waals surface area (Å²) >= 11 is 1.72. The summed E-state index contributed by atoms with van der Waals surface area (Å²) in [6.07, 6.45) is 3.52. The first-order valence-electron chi connectivity index (χ1n) is 8.97. The second-order valence-electron chi connectivity index (χ2n) is 6.04. The van der Waals surface area contributed by atoms with Crippen LogP contribution in [0, 0.1) is 0 Å². The summed E-state index contributed by atoms with van der Waals surface area (Å²) in [6, 6.07) is 10.5. The van der Waals surface area contributed by atoms with Crippen molar-refractivity contribution < 1.29 is 22.4 Å². The molecule has 0 spiro atoms. The molecule has 154 valence electrons. The third kappa shape index (κ3) is 7.47. The van der Waals surface area contributed by atoms with E-state index in [1.807, 2.05) is 19.1 Å². The number of anilines is 1. The monoisotopic (exact) mass is 426 g/mol. The van der Waals surface area contributed by atoms with E-state index >= 15 is 0 Å². The van der Waals surface area contributed by atoms with Gasteiger partial charge in [0.05, 0.1) is 30.6 Å². The summed E-state index contributed by atoms with van der Waals surface area (Å²) in [6.45, 7) is 2.54. The Balaban J connectivity index is 1.81. The van der Waals surface area contributed by atoms with Gasteiger partial charge in [0.15, 0.2) is 0 Å². The molecule has 7 nitrogen and oxygen atoms in total. The molecule has 0 saturated heterocycles. The number of nitrogens with zero attached hydrogens (tertiary/aromatic N) is 1. The van der Waals surface area contributed by atoms with Crippen LogP contribution in [-0.4, -0.2) is 46.0 Å². The van der Waals surface area contributed by atoms with Gasteiger partial charge >= 0.3 is 0 Å². The first-order valence-corrected chi connectivity index (χ1v) is 12.0. The van der Waals surface area contributed by atoms with Crippen LogP contribution in [0.4, 0.5) is 5.69 Å². The van der Waals surface area contributed by atoms with Crippen LogP contribution in [0.2, 0.25) is 0 Å². The number of amides is 1. The number of sulfonamides is 1. The number of carbonyl (C=O) groups is 1. The van der Waals surface area contributed by atoms with Crippen molar-refractivity contribution in [1.82, 2.24) is 5.32 Å². The quantitative estimate of drug-likeness (QED) is 0.525. The highest BCUT2D eigenvalue weighted by molar-refractivity contribution is 7.98. The van der Waals surface area contributed by atoms with Gasteiger partial charge in [-0.1, -0.05) is 6.07 Å². The number of thioether (sulfide) groups is 1. The standard InChI is InChI=1S/C19H26N2O5S2/c1-3-25-17-8-4-7-16(13-17)21(28(2,23)24)14-19(22)20-10-6-12-27-15-18-9-5-11-26-18/h4-5,7-9,11,13H,3,6,10,12,14-15H2,1-2H3,(H,20,22). The first kappa shape index (κ1) is 22.2. The van der Waals surface area contributed by atoms with Crippen molar-refractivity contribution in [3.05, 3.63) is 48.4 Å². The third-order valence-corrected chi connectivity index (χ3v) is 5.92. The number of carbonyl (C=O) groups excluding carboxylic acids is 1. The number of rotatable bonds is 12. The predicted molar refractivity (Wildman–Crippen MR) is 112 cm³/mol. The van der Waals surface area contributed by atoms with Gasteiger partial charge in [0.25, 0.3) is 0 Å². The lowest BCUT2D eigenvalue weighted by atomic mass is 10.3. The predicted octanol–water partition coefficient (Wildman–Crippen LogP) is 2.88. The summed E-state index contributed by atoms with van der Waals surface area (Å²) in [5.41, 5.74) is 0.401. The van der Waals surface area contributed by atoms with E-state index in [1.165, 1.54) is 0 Å². The highest BCUT2D eigenvalue weighted by Gasteiger charge is 2.21. The van der Waals surface area contributed by atoms with Gasteiger partial charge in [0, 0.05) is 12.6 Å². The van der Waals surface area contributed by atoms with Gasteiger partial charge in [0.1, 0.15) is 18.1 Å². The fraction of sp³-hybridized carbons (Fsp3) is 0.421. The van der Waals surface area contributed by atoms with Gasteiger partial charge in [-0.25, -0.2) is 8.42 Å². The van der Waals surface area contributed by atoms with Gasteiger partial charge in [-0.05, 0) is 43.4 Å². The van der Waals surface area contributed by atoms with Crippen molar-refractivity contribution in [3.8, 4) is 5.75 Å². The molecule has 0 fully saturated rings. The smallest absolute Gasteiger partial charge is 0.240 e. The van der Waals surface area contributed by atoms with Gasteiger partial charge in [-0.2, -0.15) is 11.8 Å². The van der Waals surface area contributed by atoms with E-state index in [2.05, 4.69) is 5.32 Å². The lowest BCUT2D eigenvalue weighted by Crippen LogP contribution is -2.40. The van der Waals surface area contributed by atoms with Crippen LogP contribution in [0.1, 0.15) is 19.1 Å². The summed E-state index contributed by atoms with van der Waals surface area (Å²) in [7, 11) is -3.61. The van der Waals surface area contributed by atoms with E-state index in [9.17, 15) is 13.2 Å². The van der Waals surface area contributed by atoms with E-state index in [0.29, 0.717) is 24.6 Å². The van der Waals surface area contributed by atoms with Gasteiger partial charge in [-0.3, -0.25) is 9.10 Å². The Morgan fingerprint density at radius 2 is 2.11 bits per heavy atom. The maximum atomic E-state index is 12.2. The van der Waals surface area contributed by atoms with Gasteiger partial charge in [-0.15, -0.1) is 0 Å². The normalized spacial score (nSPS) is 11.2. The average Bonchev–Trinajstić information content (AvgIpc) is 3.15. The molecule has 1 N–H and O–H groups in total. The van der Waals surface area contributed by atoms with Crippen LogP contribution in [-0.2, 0) is 20.6 Å². The lowest BCUT2D eigenvalue weighted by molar-refractivity contribution is -0.119. The van der Waals surface area contributed by atoms with Crippen LogP contribution < -0.4 is 14.4 Å². The van der Waals surface area contributed by atoms with Crippen molar-refractivity contribution in [3.63, 3.8) is 0 Å². The Hall–Kier alpha value is -2.13. The molecule has 1 aromatic carbocycles. The molecule has 1 heterocycles. The highest BCUT2D eigenvalue weighted by Crippen LogP contribution is 2.23. The fourth-order valence-corrected chi connectivity index (χ4v) is 4.16. The van der Waals surface area contributed by atoms with Crippen LogP contribution in [0.15, 0.2) is 47.1 Å². The van der Waals surface area contributed by atoms with E-state index < -0.39 is 10.0 Å². The minimum absolute atomic E-state index is 0.270. The third-order valence-electron chi connectivity index (χ3n) is 3.72. The molecule has 1 amide bonds. The minimum atomic E-state index is -3.61. The molecule has 2 rings (SSSR count). The molecule has 2 aromatic rings. The van der Waals surface area contributed by atoms with Crippen molar-refractivity contribution in [1.29, 1.82) is 0 Å². The molecule has 9 heteroatoms. The molecule has 0 aliphatic rings. The Morgan fingerprint density at radius 1 is 1.29 bits per heavy atom. The van der Waals surface area contributed by atoms with Crippen LogP contribution in [0.3, 0.4) is 0 Å². The second kappa shape index (κ2) is 11.0. The summed E-state index contributed by atoms with van der Waals surface area (Å²) < 4.78 is 36.1. The van der Waals surface area contributed by atoms with Crippen molar-refractivity contribution >= 4 is 33.4 Å². The maximum absolute atomic E-state index is 12.2. The minimum Gasteiger partial charge on any atom is -0.494 e. The molecule has 28 heavy (non-hydrogen) atoms. The van der Waals surface area contributed by atoms with Gasteiger partial charge in [0.2, 0.25) is 15.9 Å². The number of ether oxygens (including phenoxy) is 1. The van der Waals surface area contributed by atoms with E-state index in [1.54, 1.807) is 42.3 Å². The highest BCUT2D eigenvalue weighted by atomic mass is 32.2. The topological polar surface area (TPSA) is 88.8 Å². The number of hydrogen-bond acceptors (Lipinski definition) is 6. The van der Waals surface area contributed by atoms with Crippen molar-refractivity contribution in [2.45, 2.75) is 19.1 Å². The maximum Gasteiger partial charge on any atom is 0.240 e. The Kier molecular flexibility index (Phi) is 8.72. The summed E-state index contributed by atoms with van der Waals surface area (Å²) in [4.78, 5) is 12.2. The molecule has 0 aliphatic heterocycles. The first-order chi connectivity index (χ1) is 13.4.